The fourth-order valence-electron chi connectivity index (χ4n) is 3.38. The van der Waals surface area contributed by atoms with Crippen LogP contribution in [-0.4, -0.2) is 50.1 Å². The van der Waals surface area contributed by atoms with Gasteiger partial charge >= 0.3 is 0 Å². The second-order valence-corrected chi connectivity index (χ2v) is 7.75. The number of hydrogen-bond donors (Lipinski definition) is 1. The van der Waals surface area contributed by atoms with Crippen LogP contribution in [0.2, 0.25) is 0 Å². The number of rotatable bonds is 7. The van der Waals surface area contributed by atoms with E-state index in [4.69, 9.17) is 9.47 Å². The molecule has 3 rings (SSSR count). The van der Waals surface area contributed by atoms with Crippen molar-refractivity contribution in [3.8, 4) is 11.5 Å². The molecule has 6 nitrogen and oxygen atoms in total. The summed E-state index contributed by atoms with van der Waals surface area (Å²) in [5, 5.41) is 5.02. The van der Waals surface area contributed by atoms with Crippen molar-refractivity contribution in [3.05, 3.63) is 46.2 Å². The molecule has 2 heterocycles. The first-order valence-electron chi connectivity index (χ1n) is 9.43. The Morgan fingerprint density at radius 1 is 1.14 bits per heavy atom. The molecule has 28 heavy (non-hydrogen) atoms. The summed E-state index contributed by atoms with van der Waals surface area (Å²) < 4.78 is 10.5. The van der Waals surface area contributed by atoms with Crippen LogP contribution in [0.15, 0.2) is 35.7 Å². The Bertz CT molecular complexity index is 799. The van der Waals surface area contributed by atoms with E-state index >= 15 is 0 Å². The molecule has 1 aliphatic heterocycles. The van der Waals surface area contributed by atoms with Crippen LogP contribution >= 0.6 is 11.3 Å². The Morgan fingerprint density at radius 2 is 1.89 bits per heavy atom. The summed E-state index contributed by atoms with van der Waals surface area (Å²) in [6, 6.07) is 9.58. The van der Waals surface area contributed by atoms with Crippen LogP contribution in [-0.2, 0) is 11.2 Å². The molecular formula is C21H26N2O4S. The molecule has 0 radical (unpaired) electrons. The van der Waals surface area contributed by atoms with Crippen molar-refractivity contribution in [3.63, 3.8) is 0 Å². The van der Waals surface area contributed by atoms with E-state index < -0.39 is 0 Å². The quantitative estimate of drug-likeness (QED) is 0.773. The molecule has 1 aromatic carbocycles. The molecule has 0 spiro atoms. The maximum Gasteiger partial charge on any atom is 0.263 e. The molecule has 1 N–H and O–H groups in total. The number of carbonyl (C=O) groups is 2. The smallest absolute Gasteiger partial charge is 0.263 e. The van der Waals surface area contributed by atoms with Crippen LogP contribution in [0.5, 0.6) is 11.5 Å². The zero-order valence-corrected chi connectivity index (χ0v) is 17.1. The van der Waals surface area contributed by atoms with Crippen molar-refractivity contribution in [2.24, 2.45) is 0 Å². The number of carbonyl (C=O) groups excluding carboxylic acids is 2. The van der Waals surface area contributed by atoms with Gasteiger partial charge in [0.1, 0.15) is 0 Å². The maximum atomic E-state index is 12.4. The SMILES string of the molecule is COc1ccc(CCC(=O)NC2CCN(C(=O)c3cccs3)CC2)cc1OC. The molecule has 1 aliphatic rings. The zero-order chi connectivity index (χ0) is 19.9. The van der Waals surface area contributed by atoms with Gasteiger partial charge in [0.2, 0.25) is 5.91 Å². The molecule has 0 saturated carbocycles. The van der Waals surface area contributed by atoms with Gasteiger partial charge < -0.3 is 19.7 Å². The van der Waals surface area contributed by atoms with E-state index in [1.54, 1.807) is 14.2 Å². The van der Waals surface area contributed by atoms with Crippen molar-refractivity contribution in [2.45, 2.75) is 31.7 Å². The lowest BCUT2D eigenvalue weighted by atomic mass is 10.0. The van der Waals surface area contributed by atoms with Crippen LogP contribution in [0.3, 0.4) is 0 Å². The number of likely N-dealkylation sites (tertiary alicyclic amines) is 1. The predicted molar refractivity (Wildman–Crippen MR) is 109 cm³/mol. The second kappa shape index (κ2) is 9.59. The summed E-state index contributed by atoms with van der Waals surface area (Å²) in [5.41, 5.74) is 1.03. The van der Waals surface area contributed by atoms with Gasteiger partial charge in [-0.3, -0.25) is 9.59 Å². The minimum atomic E-state index is 0.0396. The first-order valence-corrected chi connectivity index (χ1v) is 10.3. The molecule has 0 aliphatic carbocycles. The van der Waals surface area contributed by atoms with E-state index in [0.717, 1.165) is 23.3 Å². The van der Waals surface area contributed by atoms with E-state index in [1.807, 2.05) is 40.6 Å². The lowest BCUT2D eigenvalue weighted by Gasteiger charge is -2.32. The second-order valence-electron chi connectivity index (χ2n) is 6.80. The van der Waals surface area contributed by atoms with Gasteiger partial charge in [-0.15, -0.1) is 11.3 Å². The molecular weight excluding hydrogens is 376 g/mol. The van der Waals surface area contributed by atoms with Crippen LogP contribution < -0.4 is 14.8 Å². The number of ether oxygens (including phenoxy) is 2. The minimum Gasteiger partial charge on any atom is -0.493 e. The Labute approximate surface area is 169 Å². The van der Waals surface area contributed by atoms with Crippen molar-refractivity contribution >= 4 is 23.2 Å². The Hall–Kier alpha value is -2.54. The number of methoxy groups -OCH3 is 2. The van der Waals surface area contributed by atoms with E-state index in [1.165, 1.54) is 11.3 Å². The van der Waals surface area contributed by atoms with Gasteiger partial charge in [-0.1, -0.05) is 12.1 Å². The van der Waals surface area contributed by atoms with Gasteiger partial charge in [-0.2, -0.15) is 0 Å². The third-order valence-corrected chi connectivity index (χ3v) is 5.83. The standard InChI is InChI=1S/C21H26N2O4S/c1-26-17-7-5-15(14-18(17)27-2)6-8-20(24)22-16-9-11-23(12-10-16)21(25)19-4-3-13-28-19/h3-5,7,13-14,16H,6,8-12H2,1-2H3,(H,22,24). The number of aryl methyl sites for hydroxylation is 1. The number of piperidine rings is 1. The third-order valence-electron chi connectivity index (χ3n) is 4.97. The Kier molecular flexibility index (Phi) is 6.92. The minimum absolute atomic E-state index is 0.0396. The lowest BCUT2D eigenvalue weighted by molar-refractivity contribution is -0.122. The van der Waals surface area contributed by atoms with Gasteiger partial charge in [0, 0.05) is 25.6 Å². The van der Waals surface area contributed by atoms with E-state index in [2.05, 4.69) is 5.32 Å². The van der Waals surface area contributed by atoms with Gasteiger partial charge in [-0.25, -0.2) is 0 Å². The van der Waals surface area contributed by atoms with Gasteiger partial charge in [0.25, 0.3) is 5.91 Å². The number of benzene rings is 1. The highest BCUT2D eigenvalue weighted by atomic mass is 32.1. The summed E-state index contributed by atoms with van der Waals surface area (Å²) in [6.45, 7) is 1.36. The number of nitrogens with zero attached hydrogens (tertiary/aromatic N) is 1. The molecule has 2 aromatic rings. The molecule has 0 atom stereocenters. The highest BCUT2D eigenvalue weighted by molar-refractivity contribution is 7.12. The Morgan fingerprint density at radius 3 is 2.54 bits per heavy atom. The van der Waals surface area contributed by atoms with Gasteiger partial charge in [0.15, 0.2) is 11.5 Å². The van der Waals surface area contributed by atoms with Gasteiger partial charge in [-0.05, 0) is 48.4 Å². The molecule has 1 aromatic heterocycles. The van der Waals surface area contributed by atoms with E-state index in [-0.39, 0.29) is 17.9 Å². The highest BCUT2D eigenvalue weighted by Gasteiger charge is 2.24. The maximum absolute atomic E-state index is 12.4. The molecule has 1 saturated heterocycles. The average Bonchev–Trinajstić information content (AvgIpc) is 3.27. The molecule has 7 heteroatoms. The number of thiophene rings is 1. The van der Waals surface area contributed by atoms with Crippen LogP contribution in [0.4, 0.5) is 0 Å². The molecule has 0 bridgehead atoms. The molecule has 150 valence electrons. The summed E-state index contributed by atoms with van der Waals surface area (Å²) >= 11 is 1.47. The summed E-state index contributed by atoms with van der Waals surface area (Å²) in [6.07, 6.45) is 2.64. The average molecular weight is 403 g/mol. The van der Waals surface area contributed by atoms with Crippen LogP contribution in [0, 0.1) is 0 Å². The van der Waals surface area contributed by atoms with E-state index in [9.17, 15) is 9.59 Å². The first-order chi connectivity index (χ1) is 13.6. The largest absolute Gasteiger partial charge is 0.493 e. The number of nitrogens with one attached hydrogen (secondary N) is 1. The van der Waals surface area contributed by atoms with E-state index in [0.29, 0.717) is 37.4 Å². The molecule has 0 unspecified atom stereocenters. The molecule has 2 amide bonds. The summed E-state index contributed by atoms with van der Waals surface area (Å²) in [5.74, 6) is 1.48. The van der Waals surface area contributed by atoms with Crippen LogP contribution in [0.1, 0.15) is 34.5 Å². The number of hydrogen-bond acceptors (Lipinski definition) is 5. The first kappa shape index (κ1) is 20.2. The third kappa shape index (κ3) is 5.04. The van der Waals surface area contributed by atoms with Crippen molar-refractivity contribution < 1.29 is 19.1 Å². The number of amides is 2. The van der Waals surface area contributed by atoms with Crippen LogP contribution in [0.25, 0.3) is 0 Å². The van der Waals surface area contributed by atoms with Crippen molar-refractivity contribution in [2.75, 3.05) is 27.3 Å². The summed E-state index contributed by atoms with van der Waals surface area (Å²) in [4.78, 5) is 27.3. The molecule has 1 fully saturated rings. The predicted octanol–water partition coefficient (Wildman–Crippen LogP) is 3.12. The van der Waals surface area contributed by atoms with Crippen molar-refractivity contribution in [1.82, 2.24) is 10.2 Å². The van der Waals surface area contributed by atoms with Gasteiger partial charge in [0.05, 0.1) is 19.1 Å². The Balaban J connectivity index is 1.43. The lowest BCUT2D eigenvalue weighted by Crippen LogP contribution is -2.46. The highest BCUT2D eigenvalue weighted by Crippen LogP contribution is 2.28. The van der Waals surface area contributed by atoms with Crippen molar-refractivity contribution in [1.29, 1.82) is 0 Å². The fourth-order valence-corrected chi connectivity index (χ4v) is 4.07. The normalized spacial score (nSPS) is 14.6. The fraction of sp³-hybridized carbons (Fsp3) is 0.429. The summed E-state index contributed by atoms with van der Waals surface area (Å²) in [7, 11) is 3.20. The topological polar surface area (TPSA) is 67.9 Å². The monoisotopic (exact) mass is 402 g/mol. The zero-order valence-electron chi connectivity index (χ0n) is 16.3.